The lowest BCUT2D eigenvalue weighted by Crippen LogP contribution is -2.54. The van der Waals surface area contributed by atoms with Crippen LogP contribution in [0.5, 0.6) is 0 Å². The van der Waals surface area contributed by atoms with Crippen LogP contribution < -0.4 is 5.73 Å². The van der Waals surface area contributed by atoms with Gasteiger partial charge >= 0.3 is 5.97 Å². The summed E-state index contributed by atoms with van der Waals surface area (Å²) >= 11 is 0. The third kappa shape index (κ3) is 1.76. The van der Waals surface area contributed by atoms with Gasteiger partial charge in [-0.15, -0.1) is 0 Å². The van der Waals surface area contributed by atoms with Gasteiger partial charge in [-0.3, -0.25) is 14.9 Å². The minimum atomic E-state index is -1.05. The van der Waals surface area contributed by atoms with E-state index in [1.54, 1.807) is 6.07 Å². The minimum Gasteiger partial charge on any atom is -0.481 e. The van der Waals surface area contributed by atoms with Gasteiger partial charge in [0.1, 0.15) is 0 Å². The van der Waals surface area contributed by atoms with E-state index in [9.17, 15) is 20.0 Å². The molecule has 1 aliphatic rings. The summed E-state index contributed by atoms with van der Waals surface area (Å²) in [6, 6.07) is 5.62. The monoisotopic (exact) mass is 236 g/mol. The molecule has 0 spiro atoms. The molecule has 0 aliphatic heterocycles. The van der Waals surface area contributed by atoms with Crippen molar-refractivity contribution in [1.29, 1.82) is 0 Å². The molecule has 6 nitrogen and oxygen atoms in total. The highest BCUT2D eigenvalue weighted by molar-refractivity contribution is 5.83. The van der Waals surface area contributed by atoms with Gasteiger partial charge in [0.15, 0.2) is 0 Å². The average molecular weight is 236 g/mol. The Morgan fingerprint density at radius 2 is 2.18 bits per heavy atom. The zero-order chi connectivity index (χ0) is 12.6. The fourth-order valence-electron chi connectivity index (χ4n) is 2.29. The number of rotatable bonds is 3. The Labute approximate surface area is 97.2 Å². The molecular weight excluding hydrogens is 224 g/mol. The van der Waals surface area contributed by atoms with Crippen LogP contribution in [0.25, 0.3) is 0 Å². The number of nitro benzene ring substituents is 1. The van der Waals surface area contributed by atoms with Gasteiger partial charge in [-0.2, -0.15) is 0 Å². The van der Waals surface area contributed by atoms with Gasteiger partial charge < -0.3 is 10.8 Å². The van der Waals surface area contributed by atoms with E-state index in [1.807, 2.05) is 0 Å². The Morgan fingerprint density at radius 1 is 1.53 bits per heavy atom. The Kier molecular flexibility index (Phi) is 2.59. The summed E-state index contributed by atoms with van der Waals surface area (Å²) in [4.78, 5) is 21.4. The lowest BCUT2D eigenvalue weighted by atomic mass is 9.62. The molecule has 1 aromatic rings. The maximum Gasteiger partial charge on any atom is 0.314 e. The fourth-order valence-corrected chi connectivity index (χ4v) is 2.29. The van der Waals surface area contributed by atoms with Crippen LogP contribution in [0.15, 0.2) is 24.3 Å². The van der Waals surface area contributed by atoms with Crippen LogP contribution in [0, 0.1) is 10.1 Å². The summed E-state index contributed by atoms with van der Waals surface area (Å²) in [6.07, 6.45) is 0.646. The number of carboxylic acids is 1. The van der Waals surface area contributed by atoms with Gasteiger partial charge in [0.2, 0.25) is 0 Å². The van der Waals surface area contributed by atoms with Crippen LogP contribution in [-0.2, 0) is 10.2 Å². The summed E-state index contributed by atoms with van der Waals surface area (Å²) < 4.78 is 0. The number of benzene rings is 1. The fraction of sp³-hybridized carbons (Fsp3) is 0.364. The number of nitrogens with zero attached hydrogens (tertiary/aromatic N) is 1. The van der Waals surface area contributed by atoms with E-state index in [2.05, 4.69) is 0 Å². The van der Waals surface area contributed by atoms with Crippen molar-refractivity contribution in [3.05, 3.63) is 39.9 Å². The van der Waals surface area contributed by atoms with Crippen LogP contribution in [-0.4, -0.2) is 22.0 Å². The van der Waals surface area contributed by atoms with E-state index in [0.717, 1.165) is 0 Å². The Morgan fingerprint density at radius 3 is 2.65 bits per heavy atom. The number of hydrogen-bond acceptors (Lipinski definition) is 4. The summed E-state index contributed by atoms with van der Waals surface area (Å²) in [5, 5.41) is 19.9. The maximum absolute atomic E-state index is 11.3. The van der Waals surface area contributed by atoms with Crippen molar-refractivity contribution in [3.8, 4) is 0 Å². The number of carboxylic acid groups (broad SMARTS) is 1. The van der Waals surface area contributed by atoms with Gasteiger partial charge in [-0.05, 0) is 18.4 Å². The Balaban J connectivity index is 2.41. The van der Waals surface area contributed by atoms with Gasteiger partial charge in [0.25, 0.3) is 5.69 Å². The van der Waals surface area contributed by atoms with Crippen molar-refractivity contribution in [2.24, 2.45) is 5.73 Å². The first kappa shape index (κ1) is 11.5. The molecule has 0 saturated heterocycles. The number of non-ortho nitro benzene ring substituents is 1. The predicted molar refractivity (Wildman–Crippen MR) is 59.6 cm³/mol. The van der Waals surface area contributed by atoms with Crippen molar-refractivity contribution in [2.45, 2.75) is 24.3 Å². The maximum atomic E-state index is 11.3. The molecule has 1 saturated carbocycles. The van der Waals surface area contributed by atoms with E-state index in [-0.39, 0.29) is 11.7 Å². The molecule has 1 fully saturated rings. The summed E-state index contributed by atoms with van der Waals surface area (Å²) in [5.74, 6) is -0.973. The summed E-state index contributed by atoms with van der Waals surface area (Å²) in [5.41, 5.74) is 4.94. The number of nitrogens with two attached hydrogens (primary N) is 1. The van der Waals surface area contributed by atoms with Crippen molar-refractivity contribution >= 4 is 11.7 Å². The molecule has 17 heavy (non-hydrogen) atoms. The molecule has 1 aromatic carbocycles. The normalized spacial score (nSPS) is 27.2. The first-order chi connectivity index (χ1) is 7.95. The van der Waals surface area contributed by atoms with Crippen LogP contribution >= 0.6 is 0 Å². The van der Waals surface area contributed by atoms with Crippen molar-refractivity contribution < 1.29 is 14.8 Å². The van der Waals surface area contributed by atoms with E-state index in [0.29, 0.717) is 18.4 Å². The lowest BCUT2D eigenvalue weighted by Gasteiger charge is -2.42. The minimum absolute atomic E-state index is 0.0939. The smallest absolute Gasteiger partial charge is 0.314 e. The van der Waals surface area contributed by atoms with Crippen LogP contribution in [0.1, 0.15) is 18.4 Å². The molecule has 6 heteroatoms. The molecule has 2 rings (SSSR count). The number of carbonyl (C=O) groups is 1. The second-order valence-electron chi connectivity index (χ2n) is 4.36. The van der Waals surface area contributed by atoms with Gasteiger partial charge in [0.05, 0.1) is 10.3 Å². The Bertz CT molecular complexity index is 480. The highest BCUT2D eigenvalue weighted by Crippen LogP contribution is 2.44. The SMILES string of the molecule is NC1CC(C(=O)O)(c2cccc([N+](=O)[O-])c2)C1. The standard InChI is InChI=1S/C11H12N2O4/c12-8-5-11(6-8,10(14)15)7-2-1-3-9(4-7)13(16)17/h1-4,8H,5-6,12H2,(H,14,15). The van der Waals surface area contributed by atoms with Crippen molar-refractivity contribution in [3.63, 3.8) is 0 Å². The lowest BCUT2D eigenvalue weighted by molar-refractivity contribution is -0.385. The van der Waals surface area contributed by atoms with Gasteiger partial charge in [-0.25, -0.2) is 0 Å². The molecule has 3 N–H and O–H groups in total. The summed E-state index contributed by atoms with van der Waals surface area (Å²) in [6.45, 7) is 0. The highest BCUT2D eigenvalue weighted by Gasteiger charge is 2.50. The predicted octanol–water partition coefficient (Wildman–Crippen LogP) is 1.04. The molecule has 0 aromatic heterocycles. The second kappa shape index (κ2) is 3.81. The number of aliphatic carboxylic acids is 1. The molecule has 0 heterocycles. The topological polar surface area (TPSA) is 106 Å². The van der Waals surface area contributed by atoms with Crippen LogP contribution in [0.2, 0.25) is 0 Å². The molecule has 0 bridgehead atoms. The van der Waals surface area contributed by atoms with E-state index >= 15 is 0 Å². The summed E-state index contributed by atoms with van der Waals surface area (Å²) in [7, 11) is 0. The molecule has 0 radical (unpaired) electrons. The molecule has 90 valence electrons. The first-order valence-corrected chi connectivity index (χ1v) is 5.19. The highest BCUT2D eigenvalue weighted by atomic mass is 16.6. The van der Waals surface area contributed by atoms with Crippen LogP contribution in [0.4, 0.5) is 5.69 Å². The quantitative estimate of drug-likeness (QED) is 0.602. The first-order valence-electron chi connectivity index (χ1n) is 5.19. The zero-order valence-electron chi connectivity index (χ0n) is 9.00. The van der Waals surface area contributed by atoms with E-state index in [4.69, 9.17) is 5.73 Å². The van der Waals surface area contributed by atoms with Gasteiger partial charge in [0, 0.05) is 18.2 Å². The molecule has 0 unspecified atom stereocenters. The number of nitro groups is 1. The van der Waals surface area contributed by atoms with Gasteiger partial charge in [-0.1, -0.05) is 12.1 Å². The Hall–Kier alpha value is -1.95. The largest absolute Gasteiger partial charge is 0.481 e. The van der Waals surface area contributed by atoms with Crippen molar-refractivity contribution in [2.75, 3.05) is 0 Å². The average Bonchev–Trinajstić information content (AvgIpc) is 2.24. The number of hydrogen-bond donors (Lipinski definition) is 2. The third-order valence-electron chi connectivity index (χ3n) is 3.24. The molecular formula is C11H12N2O4. The van der Waals surface area contributed by atoms with E-state index < -0.39 is 16.3 Å². The molecule has 0 atom stereocenters. The van der Waals surface area contributed by atoms with E-state index in [1.165, 1.54) is 18.2 Å². The molecule has 1 aliphatic carbocycles. The van der Waals surface area contributed by atoms with Crippen molar-refractivity contribution in [1.82, 2.24) is 0 Å². The van der Waals surface area contributed by atoms with Crippen LogP contribution in [0.3, 0.4) is 0 Å². The molecule has 0 amide bonds. The zero-order valence-corrected chi connectivity index (χ0v) is 9.00. The second-order valence-corrected chi connectivity index (χ2v) is 4.36. The third-order valence-corrected chi connectivity index (χ3v) is 3.24.